The van der Waals surface area contributed by atoms with E-state index in [9.17, 15) is 17.6 Å². The summed E-state index contributed by atoms with van der Waals surface area (Å²) < 4.78 is 52.9. The second-order valence-corrected chi connectivity index (χ2v) is 6.30. The molecule has 0 unspecified atom stereocenters. The summed E-state index contributed by atoms with van der Waals surface area (Å²) >= 11 is 5.65. The molecule has 4 nitrogen and oxygen atoms in total. The fourth-order valence-electron chi connectivity index (χ4n) is 2.28. The summed E-state index contributed by atoms with van der Waals surface area (Å²) in [5, 5.41) is 5.45. The predicted octanol–water partition coefficient (Wildman–Crippen LogP) is 4.53. The van der Waals surface area contributed by atoms with Gasteiger partial charge in [0.1, 0.15) is 5.82 Å². The molecule has 1 aliphatic rings. The van der Waals surface area contributed by atoms with Gasteiger partial charge in [-0.25, -0.2) is 14.4 Å². The van der Waals surface area contributed by atoms with Crippen molar-refractivity contribution in [1.29, 1.82) is 0 Å². The van der Waals surface area contributed by atoms with Crippen LogP contribution >= 0.6 is 11.6 Å². The van der Waals surface area contributed by atoms with Crippen molar-refractivity contribution in [2.45, 2.75) is 25.6 Å². The van der Waals surface area contributed by atoms with Crippen LogP contribution in [0.4, 0.5) is 29.2 Å². The molecule has 1 heterocycles. The highest BCUT2D eigenvalue weighted by molar-refractivity contribution is 6.31. The van der Waals surface area contributed by atoms with Crippen molar-refractivity contribution in [1.82, 2.24) is 15.3 Å². The van der Waals surface area contributed by atoms with Gasteiger partial charge in [0.05, 0.1) is 5.02 Å². The fraction of sp³-hybridized carbons (Fsp3) is 0.375. The average Bonchev–Trinajstić information content (AvgIpc) is 3.35. The van der Waals surface area contributed by atoms with Crippen LogP contribution in [-0.4, -0.2) is 16.5 Å². The number of benzene rings is 1. The van der Waals surface area contributed by atoms with Crippen LogP contribution < -0.4 is 10.6 Å². The Kier molecular flexibility index (Phi) is 5.10. The van der Waals surface area contributed by atoms with E-state index in [4.69, 9.17) is 11.6 Å². The van der Waals surface area contributed by atoms with E-state index in [-0.39, 0.29) is 23.1 Å². The highest BCUT2D eigenvalue weighted by Crippen LogP contribution is 2.32. The largest absolute Gasteiger partial charge is 0.433 e. The zero-order valence-corrected chi connectivity index (χ0v) is 13.8. The Bertz CT molecular complexity index is 762. The quantitative estimate of drug-likeness (QED) is 0.729. The van der Waals surface area contributed by atoms with Gasteiger partial charge in [-0.1, -0.05) is 11.6 Å². The van der Waals surface area contributed by atoms with Gasteiger partial charge >= 0.3 is 6.18 Å². The predicted molar refractivity (Wildman–Crippen MR) is 86.2 cm³/mol. The Hall–Kier alpha value is -1.93. The molecular formula is C16H15ClF4N4. The monoisotopic (exact) mass is 374 g/mol. The van der Waals surface area contributed by atoms with Gasteiger partial charge in [0.2, 0.25) is 5.95 Å². The van der Waals surface area contributed by atoms with Crippen LogP contribution in [0, 0.1) is 11.7 Å². The summed E-state index contributed by atoms with van der Waals surface area (Å²) in [7, 11) is 0. The molecule has 0 radical (unpaired) electrons. The van der Waals surface area contributed by atoms with Crippen molar-refractivity contribution in [2.24, 2.45) is 5.92 Å². The van der Waals surface area contributed by atoms with Crippen molar-refractivity contribution in [3.8, 4) is 0 Å². The maximum absolute atomic E-state index is 13.3. The number of nitrogens with zero attached hydrogens (tertiary/aromatic N) is 2. The number of rotatable bonds is 6. The summed E-state index contributed by atoms with van der Waals surface area (Å²) in [6.45, 7) is 0.735. The standard InChI is InChI=1S/C16H15ClF4N4/c17-12-5-11(3-4-13(12)18)24-15-23-8-10(7-22-6-9-1-2-9)14(25-15)16(19,20)21/h3-5,8-9,22H,1-2,6-7H2,(H,23,24,25). The highest BCUT2D eigenvalue weighted by atomic mass is 35.5. The van der Waals surface area contributed by atoms with Crippen LogP contribution in [0.3, 0.4) is 0 Å². The Morgan fingerprint density at radius 3 is 2.64 bits per heavy atom. The summed E-state index contributed by atoms with van der Waals surface area (Å²) in [6.07, 6.45) is -1.24. The number of nitrogens with one attached hydrogen (secondary N) is 2. The molecule has 0 saturated heterocycles. The molecule has 0 amide bonds. The zero-order valence-electron chi connectivity index (χ0n) is 13.0. The van der Waals surface area contributed by atoms with Crippen LogP contribution in [0.1, 0.15) is 24.1 Å². The van der Waals surface area contributed by atoms with Crippen LogP contribution in [0.2, 0.25) is 5.02 Å². The number of hydrogen-bond acceptors (Lipinski definition) is 4. The summed E-state index contributed by atoms with van der Waals surface area (Å²) in [5.41, 5.74) is -0.725. The SMILES string of the molecule is Fc1ccc(Nc2ncc(CNCC3CC3)c(C(F)(F)F)n2)cc1Cl. The third-order valence-electron chi connectivity index (χ3n) is 3.75. The summed E-state index contributed by atoms with van der Waals surface area (Å²) in [5.74, 6) is -0.304. The molecule has 2 N–H and O–H groups in total. The molecule has 25 heavy (non-hydrogen) atoms. The topological polar surface area (TPSA) is 49.8 Å². The molecule has 1 fully saturated rings. The first-order valence-electron chi connectivity index (χ1n) is 7.69. The second-order valence-electron chi connectivity index (χ2n) is 5.89. The smallest absolute Gasteiger partial charge is 0.324 e. The summed E-state index contributed by atoms with van der Waals surface area (Å²) in [6, 6.07) is 3.69. The molecular weight excluding hydrogens is 360 g/mol. The molecule has 0 aliphatic heterocycles. The van der Waals surface area contributed by atoms with Gasteiger partial charge in [-0.15, -0.1) is 0 Å². The van der Waals surface area contributed by atoms with E-state index in [1.165, 1.54) is 12.1 Å². The zero-order chi connectivity index (χ0) is 18.0. The lowest BCUT2D eigenvalue weighted by atomic mass is 10.2. The lowest BCUT2D eigenvalue weighted by Crippen LogP contribution is -2.21. The lowest BCUT2D eigenvalue weighted by molar-refractivity contribution is -0.141. The molecule has 3 rings (SSSR count). The van der Waals surface area contributed by atoms with Crippen LogP contribution in [0.5, 0.6) is 0 Å². The normalized spacial score (nSPS) is 14.6. The number of hydrogen-bond donors (Lipinski definition) is 2. The Balaban J connectivity index is 1.78. The average molecular weight is 375 g/mol. The number of anilines is 2. The third-order valence-corrected chi connectivity index (χ3v) is 4.04. The van der Waals surface area contributed by atoms with E-state index in [2.05, 4.69) is 20.6 Å². The van der Waals surface area contributed by atoms with E-state index in [1.807, 2.05) is 0 Å². The molecule has 134 valence electrons. The summed E-state index contributed by atoms with van der Waals surface area (Å²) in [4.78, 5) is 7.50. The maximum Gasteiger partial charge on any atom is 0.433 e. The minimum atomic E-state index is -4.60. The van der Waals surface area contributed by atoms with E-state index in [0.29, 0.717) is 18.2 Å². The van der Waals surface area contributed by atoms with Crippen molar-refractivity contribution in [3.05, 3.63) is 46.5 Å². The first kappa shape index (κ1) is 17.9. The van der Waals surface area contributed by atoms with Gasteiger partial charge in [-0.05, 0) is 43.5 Å². The van der Waals surface area contributed by atoms with E-state index < -0.39 is 17.7 Å². The Morgan fingerprint density at radius 2 is 2.00 bits per heavy atom. The highest BCUT2D eigenvalue weighted by Gasteiger charge is 2.36. The first-order valence-corrected chi connectivity index (χ1v) is 8.06. The molecule has 0 spiro atoms. The lowest BCUT2D eigenvalue weighted by Gasteiger charge is -2.14. The molecule has 9 heteroatoms. The second kappa shape index (κ2) is 7.13. The Labute approximate surface area is 146 Å². The van der Waals surface area contributed by atoms with Crippen molar-refractivity contribution in [3.63, 3.8) is 0 Å². The number of alkyl halides is 3. The molecule has 0 bridgehead atoms. The van der Waals surface area contributed by atoms with Crippen molar-refractivity contribution >= 4 is 23.2 Å². The van der Waals surface area contributed by atoms with Gasteiger partial charge in [0.15, 0.2) is 5.69 Å². The van der Waals surface area contributed by atoms with Gasteiger partial charge < -0.3 is 10.6 Å². The Morgan fingerprint density at radius 1 is 1.24 bits per heavy atom. The van der Waals surface area contributed by atoms with Crippen LogP contribution in [0.25, 0.3) is 0 Å². The van der Waals surface area contributed by atoms with E-state index in [1.54, 1.807) is 0 Å². The molecule has 1 aromatic carbocycles. The molecule has 1 aliphatic carbocycles. The minimum Gasteiger partial charge on any atom is -0.324 e. The third kappa shape index (κ3) is 4.79. The number of aromatic nitrogens is 2. The molecule has 2 aromatic rings. The molecule has 1 saturated carbocycles. The van der Waals surface area contributed by atoms with Gasteiger partial charge in [-0.3, -0.25) is 0 Å². The number of halogens is 5. The van der Waals surface area contributed by atoms with E-state index in [0.717, 1.165) is 25.1 Å². The molecule has 0 atom stereocenters. The van der Waals surface area contributed by atoms with Crippen molar-refractivity contribution < 1.29 is 17.6 Å². The van der Waals surface area contributed by atoms with E-state index >= 15 is 0 Å². The van der Waals surface area contributed by atoms with Crippen LogP contribution in [0.15, 0.2) is 24.4 Å². The van der Waals surface area contributed by atoms with Crippen molar-refractivity contribution in [2.75, 3.05) is 11.9 Å². The minimum absolute atomic E-state index is 0.0177. The van der Waals surface area contributed by atoms with Gasteiger partial charge in [0.25, 0.3) is 0 Å². The van der Waals surface area contributed by atoms with Gasteiger partial charge in [0, 0.05) is 24.0 Å². The first-order chi connectivity index (χ1) is 11.8. The maximum atomic E-state index is 13.3. The molecule has 1 aromatic heterocycles. The van der Waals surface area contributed by atoms with Gasteiger partial charge in [-0.2, -0.15) is 13.2 Å². The van der Waals surface area contributed by atoms with Crippen LogP contribution in [-0.2, 0) is 12.7 Å². The fourth-order valence-corrected chi connectivity index (χ4v) is 2.46.